The minimum Gasteiger partial charge on any atom is -0.406 e. The zero-order chi connectivity index (χ0) is 46.9. The third kappa shape index (κ3) is 13.5. The number of benzene rings is 2. The van der Waals surface area contributed by atoms with E-state index in [9.17, 15) is 35.9 Å². The first-order chi connectivity index (χ1) is 30.8. The average Bonchev–Trinajstić information content (AvgIpc) is 3.94. The molecule has 0 amide bonds. The highest BCUT2D eigenvalue weighted by atomic mass is 35.5. The standard InChI is InChI=1S/C21H14ClF3N4O3.C15H10F3N3O3.C6H5Cl2N/c1-12-2-7-16(20(30)29(12)11-13-8-9-26-17(22)10-13)19-27-18(28-32-19)14-3-5-15(6-4-14)31-21(23,24)25;1-8-2-7-11(13(22)19-8)14-20-12(21-24-14)9-3-5-10(6-4-9)23-15(16,17)18;7-4-5-1-2-9-6(8)3-5/h2-10H,11H2,1H3;2-7H,1H3,(H,19,22);1-3H,4H2. The van der Waals surface area contributed by atoms with E-state index in [1.165, 1.54) is 28.8 Å². The summed E-state index contributed by atoms with van der Waals surface area (Å²) >= 11 is 17.0. The highest BCUT2D eigenvalue weighted by Crippen LogP contribution is 2.28. The minimum atomic E-state index is -4.78. The van der Waals surface area contributed by atoms with Crippen molar-refractivity contribution >= 4 is 34.8 Å². The summed E-state index contributed by atoms with van der Waals surface area (Å²) in [5, 5.41) is 8.37. The average molecular weight is 962 g/mol. The van der Waals surface area contributed by atoms with Crippen LogP contribution in [-0.4, -0.2) is 52.5 Å². The van der Waals surface area contributed by atoms with Crippen molar-refractivity contribution in [1.82, 2.24) is 39.8 Å². The van der Waals surface area contributed by atoms with Crippen molar-refractivity contribution in [2.45, 2.75) is 39.0 Å². The van der Waals surface area contributed by atoms with Gasteiger partial charge in [-0.15, -0.1) is 37.9 Å². The van der Waals surface area contributed by atoms with Crippen molar-refractivity contribution in [1.29, 1.82) is 0 Å². The summed E-state index contributed by atoms with van der Waals surface area (Å²) in [4.78, 5) is 43.6. The molecule has 336 valence electrons. The predicted octanol–water partition coefficient (Wildman–Crippen LogP) is 10.6. The molecule has 0 saturated carbocycles. The summed E-state index contributed by atoms with van der Waals surface area (Å²) in [7, 11) is 0. The van der Waals surface area contributed by atoms with Crippen LogP contribution in [0, 0.1) is 13.8 Å². The van der Waals surface area contributed by atoms with E-state index < -0.39 is 12.7 Å². The third-order valence-corrected chi connectivity index (χ3v) is 9.25. The molecule has 0 spiro atoms. The second-order valence-corrected chi connectivity index (χ2v) is 14.3. The minimum absolute atomic E-state index is 0.0119. The Morgan fingerprint density at radius 2 is 1.12 bits per heavy atom. The van der Waals surface area contributed by atoms with Crippen LogP contribution in [0.5, 0.6) is 11.5 Å². The second kappa shape index (κ2) is 20.6. The summed E-state index contributed by atoms with van der Waals surface area (Å²) in [5.74, 6) is 0.0217. The molecule has 65 heavy (non-hydrogen) atoms. The van der Waals surface area contributed by atoms with E-state index in [1.807, 2.05) is 6.07 Å². The summed E-state index contributed by atoms with van der Waals surface area (Å²) in [6.45, 7) is 3.79. The molecule has 0 atom stereocenters. The Hall–Kier alpha value is -7.03. The molecule has 8 aromatic rings. The number of aryl methyl sites for hydroxylation is 2. The molecule has 1 N–H and O–H groups in total. The number of rotatable bonds is 9. The Morgan fingerprint density at radius 1 is 0.646 bits per heavy atom. The molecule has 2 aromatic carbocycles. The van der Waals surface area contributed by atoms with Crippen LogP contribution in [0.3, 0.4) is 0 Å². The van der Waals surface area contributed by atoms with Gasteiger partial charge in [-0.3, -0.25) is 9.59 Å². The quantitative estimate of drug-likeness (QED) is 0.0824. The van der Waals surface area contributed by atoms with Crippen LogP contribution in [0.1, 0.15) is 22.5 Å². The maximum atomic E-state index is 13.1. The van der Waals surface area contributed by atoms with E-state index >= 15 is 0 Å². The number of alkyl halides is 7. The smallest absolute Gasteiger partial charge is 0.406 e. The van der Waals surface area contributed by atoms with Gasteiger partial charge in [-0.25, -0.2) is 9.97 Å². The third-order valence-electron chi connectivity index (χ3n) is 8.53. The van der Waals surface area contributed by atoms with Crippen LogP contribution < -0.4 is 20.6 Å². The number of hydrogen-bond donors (Lipinski definition) is 1. The van der Waals surface area contributed by atoms with Gasteiger partial charge in [0.05, 0.1) is 6.54 Å². The molecule has 0 bridgehead atoms. The van der Waals surface area contributed by atoms with Crippen LogP contribution in [0.2, 0.25) is 10.3 Å². The largest absolute Gasteiger partial charge is 0.573 e. The number of nitrogens with one attached hydrogen (secondary N) is 1. The maximum Gasteiger partial charge on any atom is 0.573 e. The van der Waals surface area contributed by atoms with Gasteiger partial charge in [0.15, 0.2) is 0 Å². The Balaban J connectivity index is 0.000000186. The van der Waals surface area contributed by atoms with Gasteiger partial charge < -0.3 is 28.1 Å². The molecule has 0 unspecified atom stereocenters. The lowest BCUT2D eigenvalue weighted by atomic mass is 10.2. The fourth-order valence-electron chi connectivity index (χ4n) is 5.53. The fourth-order valence-corrected chi connectivity index (χ4v) is 6.09. The van der Waals surface area contributed by atoms with Gasteiger partial charge in [-0.1, -0.05) is 33.5 Å². The van der Waals surface area contributed by atoms with Crippen LogP contribution in [-0.2, 0) is 12.4 Å². The van der Waals surface area contributed by atoms with Crippen molar-refractivity contribution in [2.24, 2.45) is 0 Å². The van der Waals surface area contributed by atoms with E-state index in [0.29, 0.717) is 38.7 Å². The Labute approximate surface area is 377 Å². The van der Waals surface area contributed by atoms with E-state index in [4.69, 9.17) is 43.8 Å². The van der Waals surface area contributed by atoms with Crippen molar-refractivity contribution in [3.63, 3.8) is 0 Å². The Kier molecular flexibility index (Phi) is 15.1. The number of nitrogens with zero attached hydrogens (tertiary/aromatic N) is 7. The van der Waals surface area contributed by atoms with Crippen LogP contribution in [0.4, 0.5) is 26.3 Å². The second-order valence-electron chi connectivity index (χ2n) is 13.3. The van der Waals surface area contributed by atoms with Gasteiger partial charge in [0.1, 0.15) is 32.9 Å². The molecular weight excluding hydrogens is 933 g/mol. The lowest BCUT2D eigenvalue weighted by Crippen LogP contribution is -2.24. The monoisotopic (exact) mass is 960 g/mol. The van der Waals surface area contributed by atoms with Gasteiger partial charge >= 0.3 is 12.7 Å². The summed E-state index contributed by atoms with van der Waals surface area (Å²) in [6, 6.07) is 23.5. The molecule has 6 aromatic heterocycles. The molecule has 0 radical (unpaired) electrons. The van der Waals surface area contributed by atoms with Gasteiger partial charge in [-0.05, 0) is 122 Å². The molecule has 0 aliphatic rings. The number of aromatic nitrogens is 8. The number of aromatic amines is 1. The molecule has 0 fully saturated rings. The molecule has 8 rings (SSSR count). The topological polar surface area (TPSA) is 177 Å². The van der Waals surface area contributed by atoms with E-state index in [2.05, 4.69) is 44.7 Å². The molecule has 0 aliphatic heterocycles. The Bertz CT molecular complexity index is 3000. The van der Waals surface area contributed by atoms with Crippen molar-refractivity contribution in [3.05, 3.63) is 163 Å². The van der Waals surface area contributed by atoms with E-state index in [0.717, 1.165) is 35.4 Å². The molecule has 23 heteroatoms. The van der Waals surface area contributed by atoms with Crippen molar-refractivity contribution in [3.8, 4) is 57.2 Å². The zero-order valence-corrected chi connectivity index (χ0v) is 35.6. The first-order valence-corrected chi connectivity index (χ1v) is 19.7. The number of hydrogen-bond acceptors (Lipinski definition) is 12. The van der Waals surface area contributed by atoms with Gasteiger partial charge in [0.25, 0.3) is 22.9 Å². The zero-order valence-electron chi connectivity index (χ0n) is 33.3. The van der Waals surface area contributed by atoms with E-state index in [-0.39, 0.29) is 63.7 Å². The molecule has 6 heterocycles. The SMILES string of the molecule is Cc1ccc(-c2nc(-c3ccc(OC(F)(F)F)cc3)no2)c(=O)[nH]1.Cc1ccc(-c2nc(-c3ccc(OC(F)(F)F)cc3)no2)c(=O)n1Cc1ccnc(Cl)c1.ClCc1ccnc(Cl)c1. The molecule has 14 nitrogen and oxygen atoms in total. The maximum absolute atomic E-state index is 13.1. The number of pyridine rings is 4. The highest BCUT2D eigenvalue weighted by Gasteiger charge is 2.32. The fraction of sp³-hybridized carbons (Fsp3) is 0.143. The summed E-state index contributed by atoms with van der Waals surface area (Å²) < 4.78 is 92.8. The first kappa shape index (κ1) is 47.4. The first-order valence-electron chi connectivity index (χ1n) is 18.4. The van der Waals surface area contributed by atoms with Crippen molar-refractivity contribution < 1.29 is 44.9 Å². The molecule has 0 aliphatic carbocycles. The number of H-pyrrole nitrogens is 1. The molecule has 0 saturated heterocycles. The lowest BCUT2D eigenvalue weighted by Gasteiger charge is -2.11. The van der Waals surface area contributed by atoms with Gasteiger partial charge in [0.2, 0.25) is 11.6 Å². The summed E-state index contributed by atoms with van der Waals surface area (Å²) in [5.41, 5.74) is 3.67. The normalized spacial score (nSPS) is 11.2. The predicted molar refractivity (Wildman–Crippen MR) is 225 cm³/mol. The van der Waals surface area contributed by atoms with Crippen molar-refractivity contribution in [2.75, 3.05) is 0 Å². The highest BCUT2D eigenvalue weighted by molar-refractivity contribution is 6.29. The lowest BCUT2D eigenvalue weighted by molar-refractivity contribution is -0.275. The van der Waals surface area contributed by atoms with Gasteiger partial charge in [0, 0.05) is 40.8 Å². The number of ether oxygens (including phenoxy) is 2. The molecular formula is C42H29Cl3F6N8O6. The Morgan fingerprint density at radius 3 is 1.58 bits per heavy atom. The number of halogens is 9. The van der Waals surface area contributed by atoms with E-state index in [1.54, 1.807) is 68.7 Å². The van der Waals surface area contributed by atoms with Crippen LogP contribution in [0.15, 0.2) is 128 Å². The van der Waals surface area contributed by atoms with Crippen LogP contribution >= 0.6 is 34.8 Å². The summed E-state index contributed by atoms with van der Waals surface area (Å²) in [6.07, 6.45) is -6.35. The van der Waals surface area contributed by atoms with Gasteiger partial charge in [-0.2, -0.15) is 9.97 Å². The van der Waals surface area contributed by atoms with Crippen LogP contribution in [0.25, 0.3) is 45.7 Å².